The maximum atomic E-state index is 11.7. The van der Waals surface area contributed by atoms with E-state index in [1.165, 1.54) is 18.1 Å². The predicted octanol–water partition coefficient (Wildman–Crippen LogP) is 2.55. The van der Waals surface area contributed by atoms with E-state index < -0.39 is 0 Å². The molecule has 1 amide bonds. The molecule has 0 fully saturated rings. The molecule has 1 rings (SSSR count). The van der Waals surface area contributed by atoms with Crippen molar-refractivity contribution in [2.75, 3.05) is 20.7 Å². The third-order valence-corrected chi connectivity index (χ3v) is 3.83. The zero-order valence-electron chi connectivity index (χ0n) is 10.2. The lowest BCUT2D eigenvalue weighted by Crippen LogP contribution is -2.27. The Hall–Kier alpha value is -1.14. The van der Waals surface area contributed by atoms with Crippen LogP contribution in [0.15, 0.2) is 22.0 Å². The summed E-state index contributed by atoms with van der Waals surface area (Å²) in [5, 5.41) is 0. The van der Waals surface area contributed by atoms with Crippen LogP contribution in [0.2, 0.25) is 0 Å². The molecule has 4 nitrogen and oxygen atoms in total. The van der Waals surface area contributed by atoms with Crippen LogP contribution in [0.4, 0.5) is 0 Å². The molecule has 1 heterocycles. The second-order valence-electron chi connectivity index (χ2n) is 3.56. The molecule has 0 aliphatic carbocycles. The molecule has 0 unspecified atom stereocenters. The Morgan fingerprint density at radius 2 is 2.22 bits per heavy atom. The molecule has 0 N–H and O–H groups in total. The van der Waals surface area contributed by atoms with Crippen molar-refractivity contribution in [1.29, 1.82) is 0 Å². The van der Waals surface area contributed by atoms with E-state index in [-0.39, 0.29) is 18.3 Å². The van der Waals surface area contributed by atoms with Gasteiger partial charge < -0.3 is 9.64 Å². The molecular formula is C12H14BrNO3S. The van der Waals surface area contributed by atoms with Crippen LogP contribution in [0.1, 0.15) is 11.3 Å². The van der Waals surface area contributed by atoms with Crippen molar-refractivity contribution >= 4 is 45.2 Å². The summed E-state index contributed by atoms with van der Waals surface area (Å²) in [5.74, 6) is -0.454. The summed E-state index contributed by atoms with van der Waals surface area (Å²) in [7, 11) is 2.98. The van der Waals surface area contributed by atoms with Gasteiger partial charge in [0, 0.05) is 24.5 Å². The van der Waals surface area contributed by atoms with Gasteiger partial charge in [-0.05, 0) is 34.1 Å². The molecule has 1 aromatic heterocycles. The number of methoxy groups -OCH3 is 1. The van der Waals surface area contributed by atoms with Gasteiger partial charge in [-0.2, -0.15) is 0 Å². The summed E-state index contributed by atoms with van der Waals surface area (Å²) in [6.07, 6.45) is 3.46. The largest absolute Gasteiger partial charge is 0.469 e. The number of carbonyl (C=O) groups excluding carboxylic acids is 2. The number of hydrogen-bond donors (Lipinski definition) is 0. The Bertz CT molecular complexity index is 456. The maximum absolute atomic E-state index is 11.7. The number of carbonyl (C=O) groups is 2. The van der Waals surface area contributed by atoms with Gasteiger partial charge in [-0.1, -0.05) is 0 Å². The summed E-state index contributed by atoms with van der Waals surface area (Å²) in [6.45, 7) is 0.351. The summed E-state index contributed by atoms with van der Waals surface area (Å²) >= 11 is 4.90. The fourth-order valence-electron chi connectivity index (χ4n) is 1.17. The second kappa shape index (κ2) is 7.33. The van der Waals surface area contributed by atoms with Crippen LogP contribution in [-0.4, -0.2) is 37.5 Å². The van der Waals surface area contributed by atoms with Crippen molar-refractivity contribution in [3.63, 3.8) is 0 Å². The third kappa shape index (κ3) is 5.01. The molecule has 0 bridgehead atoms. The third-order valence-electron chi connectivity index (χ3n) is 2.24. The lowest BCUT2D eigenvalue weighted by Gasteiger charge is -2.13. The van der Waals surface area contributed by atoms with Gasteiger partial charge in [-0.25, -0.2) is 0 Å². The van der Waals surface area contributed by atoms with Crippen molar-refractivity contribution in [1.82, 2.24) is 4.90 Å². The molecule has 18 heavy (non-hydrogen) atoms. The Morgan fingerprint density at radius 1 is 1.50 bits per heavy atom. The van der Waals surface area contributed by atoms with Crippen LogP contribution in [-0.2, 0) is 14.3 Å². The molecule has 0 radical (unpaired) electrons. The minimum Gasteiger partial charge on any atom is -0.469 e. The highest BCUT2D eigenvalue weighted by Gasteiger charge is 2.08. The highest BCUT2D eigenvalue weighted by atomic mass is 79.9. The van der Waals surface area contributed by atoms with E-state index in [4.69, 9.17) is 0 Å². The van der Waals surface area contributed by atoms with E-state index in [1.807, 2.05) is 12.1 Å². The molecule has 0 aliphatic heterocycles. The molecular weight excluding hydrogens is 318 g/mol. The van der Waals surface area contributed by atoms with Crippen LogP contribution in [0, 0.1) is 0 Å². The van der Waals surface area contributed by atoms with Crippen LogP contribution in [0.3, 0.4) is 0 Å². The van der Waals surface area contributed by atoms with Gasteiger partial charge in [0.15, 0.2) is 0 Å². The number of halogens is 1. The molecule has 0 aromatic carbocycles. The highest BCUT2D eigenvalue weighted by molar-refractivity contribution is 9.11. The minimum atomic E-state index is -0.319. The first-order chi connectivity index (χ1) is 8.52. The van der Waals surface area contributed by atoms with Gasteiger partial charge in [0.05, 0.1) is 17.3 Å². The smallest absolute Gasteiger partial charge is 0.307 e. The maximum Gasteiger partial charge on any atom is 0.307 e. The average molecular weight is 332 g/mol. The highest BCUT2D eigenvalue weighted by Crippen LogP contribution is 2.22. The molecule has 1 aromatic rings. The predicted molar refractivity (Wildman–Crippen MR) is 75.3 cm³/mol. The Balaban J connectivity index is 2.44. The number of likely N-dealkylation sites (N-methyl/N-ethyl adjacent to an activating group) is 1. The van der Waals surface area contributed by atoms with Gasteiger partial charge in [0.2, 0.25) is 5.91 Å². The van der Waals surface area contributed by atoms with Crippen molar-refractivity contribution in [2.45, 2.75) is 6.42 Å². The SMILES string of the molecule is COC(=O)CCN(C)C(=O)C=Cc1ccc(Br)s1. The molecule has 0 saturated carbocycles. The van der Waals surface area contributed by atoms with Gasteiger partial charge in [-0.15, -0.1) is 11.3 Å². The van der Waals surface area contributed by atoms with Crippen LogP contribution in [0.5, 0.6) is 0 Å². The first kappa shape index (κ1) is 14.9. The number of ether oxygens (including phenoxy) is 1. The number of rotatable bonds is 5. The molecule has 0 atom stereocenters. The second-order valence-corrected chi connectivity index (χ2v) is 6.06. The topological polar surface area (TPSA) is 46.6 Å². The monoisotopic (exact) mass is 331 g/mol. The van der Waals surface area contributed by atoms with Crippen molar-refractivity contribution in [2.24, 2.45) is 0 Å². The summed E-state index contributed by atoms with van der Waals surface area (Å²) in [6, 6.07) is 3.85. The van der Waals surface area contributed by atoms with E-state index in [2.05, 4.69) is 20.7 Å². The number of hydrogen-bond acceptors (Lipinski definition) is 4. The summed E-state index contributed by atoms with van der Waals surface area (Å²) in [4.78, 5) is 25.1. The van der Waals surface area contributed by atoms with E-state index in [0.29, 0.717) is 6.54 Å². The first-order valence-electron chi connectivity index (χ1n) is 5.28. The lowest BCUT2D eigenvalue weighted by molar-refractivity contribution is -0.141. The quantitative estimate of drug-likeness (QED) is 0.615. The van der Waals surface area contributed by atoms with Gasteiger partial charge in [-0.3, -0.25) is 9.59 Å². The lowest BCUT2D eigenvalue weighted by atomic mass is 10.3. The number of thiophene rings is 1. The Kier molecular flexibility index (Phi) is 6.07. The first-order valence-corrected chi connectivity index (χ1v) is 6.89. The number of esters is 1. The fourth-order valence-corrected chi connectivity index (χ4v) is 2.50. The number of amides is 1. The normalized spacial score (nSPS) is 10.6. The Labute approximate surface area is 118 Å². The van der Waals surface area contributed by atoms with Crippen LogP contribution < -0.4 is 0 Å². The van der Waals surface area contributed by atoms with E-state index >= 15 is 0 Å². The average Bonchev–Trinajstić information content (AvgIpc) is 2.78. The molecule has 0 spiro atoms. The molecule has 0 saturated heterocycles. The molecule has 0 aliphatic rings. The van der Waals surface area contributed by atoms with Crippen molar-refractivity contribution in [3.05, 3.63) is 26.9 Å². The van der Waals surface area contributed by atoms with Crippen molar-refractivity contribution < 1.29 is 14.3 Å². The fraction of sp³-hybridized carbons (Fsp3) is 0.333. The summed E-state index contributed by atoms with van der Waals surface area (Å²) in [5.41, 5.74) is 0. The standard InChI is InChI=1S/C12H14BrNO3S/c1-14(8-7-12(16)17-2)11(15)6-4-9-3-5-10(13)18-9/h3-6H,7-8H2,1-2H3. The van der Waals surface area contributed by atoms with E-state index in [1.54, 1.807) is 24.5 Å². The zero-order valence-corrected chi connectivity index (χ0v) is 12.6. The van der Waals surface area contributed by atoms with Crippen LogP contribution >= 0.6 is 27.3 Å². The minimum absolute atomic E-state index is 0.136. The molecule has 6 heteroatoms. The molecule has 98 valence electrons. The number of nitrogens with zero attached hydrogens (tertiary/aromatic N) is 1. The van der Waals surface area contributed by atoms with Crippen LogP contribution in [0.25, 0.3) is 6.08 Å². The van der Waals surface area contributed by atoms with E-state index in [9.17, 15) is 9.59 Å². The van der Waals surface area contributed by atoms with Gasteiger partial charge in [0.25, 0.3) is 0 Å². The van der Waals surface area contributed by atoms with Crippen molar-refractivity contribution in [3.8, 4) is 0 Å². The zero-order chi connectivity index (χ0) is 13.5. The van der Waals surface area contributed by atoms with Gasteiger partial charge in [0.1, 0.15) is 0 Å². The van der Waals surface area contributed by atoms with E-state index in [0.717, 1.165) is 8.66 Å². The summed E-state index contributed by atoms with van der Waals surface area (Å²) < 4.78 is 5.54. The van der Waals surface area contributed by atoms with Gasteiger partial charge >= 0.3 is 5.97 Å². The Morgan fingerprint density at radius 3 is 2.78 bits per heavy atom.